The molecule has 1 aliphatic heterocycles. The molecular weight excluding hydrogens is 851 g/mol. The number of hydrogen-bond acceptors (Lipinski definition) is 11. The Hall–Kier alpha value is -6.36. The van der Waals surface area contributed by atoms with Gasteiger partial charge >= 0.3 is 6.03 Å². The lowest BCUT2D eigenvalue weighted by molar-refractivity contribution is -0.132. The molecule has 0 saturated heterocycles. The van der Waals surface area contributed by atoms with Crippen molar-refractivity contribution in [1.29, 1.82) is 0 Å². The van der Waals surface area contributed by atoms with E-state index in [-0.39, 0.29) is 83.0 Å². The second kappa shape index (κ2) is 29.2. The van der Waals surface area contributed by atoms with Crippen LogP contribution < -0.4 is 37.2 Å². The number of nitrogens with one attached hydrogen (secondary N) is 5. The molecule has 0 aliphatic carbocycles. The zero-order chi connectivity index (χ0) is 47.5. The number of fused-ring (bicyclic) bond motifs is 2. The maximum atomic E-state index is 13.4. The first-order valence-corrected chi connectivity index (χ1v) is 22.2. The Morgan fingerprint density at radius 2 is 1.30 bits per heavy atom. The summed E-state index contributed by atoms with van der Waals surface area (Å²) in [5, 5.41) is 22.8. The summed E-state index contributed by atoms with van der Waals surface area (Å²) in [4.78, 5) is 78.0. The number of carbonyl (C=O) groups excluding carboxylic acids is 6. The minimum atomic E-state index is -0.982. The second-order valence-electron chi connectivity index (χ2n) is 15.6. The van der Waals surface area contributed by atoms with E-state index in [1.807, 2.05) is 48.5 Å². The Labute approximate surface area is 386 Å². The molecule has 0 spiro atoms. The fourth-order valence-electron chi connectivity index (χ4n) is 6.59. The number of benzene rings is 3. The monoisotopic (exact) mass is 913 g/mol. The molecule has 66 heavy (non-hydrogen) atoms. The summed E-state index contributed by atoms with van der Waals surface area (Å²) < 4.78 is 22.1. The van der Waals surface area contributed by atoms with E-state index in [2.05, 4.69) is 38.4 Å². The summed E-state index contributed by atoms with van der Waals surface area (Å²) in [6, 6.07) is 19.2. The van der Waals surface area contributed by atoms with Gasteiger partial charge in [-0.25, -0.2) is 4.79 Å². The van der Waals surface area contributed by atoms with Crippen LogP contribution in [0.3, 0.4) is 0 Å². The quantitative estimate of drug-likeness (QED) is 0.0394. The van der Waals surface area contributed by atoms with Crippen molar-refractivity contribution in [3.63, 3.8) is 0 Å². The number of urea groups is 1. The first kappa shape index (κ1) is 52.3. The number of amides is 7. The third kappa shape index (κ3) is 19.0. The minimum absolute atomic E-state index is 0.00410. The molecule has 18 heteroatoms. The summed E-state index contributed by atoms with van der Waals surface area (Å²) in [5.41, 5.74) is 9.59. The molecule has 0 unspecified atom stereocenters. The van der Waals surface area contributed by atoms with Crippen LogP contribution >= 0.6 is 0 Å². The third-order valence-corrected chi connectivity index (χ3v) is 10.2. The predicted octanol–water partition coefficient (Wildman–Crippen LogP) is 2.49. The Kier molecular flexibility index (Phi) is 23.1. The number of ether oxygens (including phenoxy) is 4. The van der Waals surface area contributed by atoms with E-state index in [9.17, 15) is 33.9 Å². The molecule has 7 amide bonds. The van der Waals surface area contributed by atoms with E-state index in [0.29, 0.717) is 57.2 Å². The lowest BCUT2D eigenvalue weighted by Gasteiger charge is -2.26. The lowest BCUT2D eigenvalue weighted by atomic mass is 10.0. The van der Waals surface area contributed by atoms with Gasteiger partial charge in [-0.1, -0.05) is 68.2 Å². The highest BCUT2D eigenvalue weighted by atomic mass is 16.6. The summed E-state index contributed by atoms with van der Waals surface area (Å²) >= 11 is 0. The predicted molar refractivity (Wildman–Crippen MR) is 247 cm³/mol. The molecule has 0 fully saturated rings. The Morgan fingerprint density at radius 3 is 1.97 bits per heavy atom. The molecule has 356 valence electrons. The largest absolute Gasteiger partial charge is 0.392 e. The number of nitrogens with two attached hydrogens (primary N) is 1. The van der Waals surface area contributed by atoms with E-state index in [1.165, 1.54) is 0 Å². The maximum Gasteiger partial charge on any atom is 0.312 e. The summed E-state index contributed by atoms with van der Waals surface area (Å²) in [6.07, 6.45) is 0.620. The molecule has 3 aromatic carbocycles. The van der Waals surface area contributed by atoms with Crippen molar-refractivity contribution in [2.75, 3.05) is 76.2 Å². The summed E-state index contributed by atoms with van der Waals surface area (Å²) in [6.45, 7) is 6.48. The van der Waals surface area contributed by atoms with Gasteiger partial charge in [0.2, 0.25) is 29.5 Å². The molecule has 8 N–H and O–H groups in total. The van der Waals surface area contributed by atoms with Crippen molar-refractivity contribution in [1.82, 2.24) is 21.3 Å². The molecule has 1 heterocycles. The van der Waals surface area contributed by atoms with Crippen LogP contribution in [0.2, 0.25) is 0 Å². The molecule has 1 aliphatic rings. The molecule has 4 rings (SSSR count). The van der Waals surface area contributed by atoms with E-state index < -0.39 is 35.8 Å². The van der Waals surface area contributed by atoms with Crippen LogP contribution in [-0.2, 0) is 56.1 Å². The SMILES string of the molecule is CC(C)[C@H](NC(=O)CCOCCOCCOCCOCCNC(=O)CCC(=O)N1Cc2ccccc2C#Cc2ccccc21)C(=O)N[C@@H](CCCNC(N)=O)C(=O)Nc1ccc(CO)cc1. The van der Waals surface area contributed by atoms with Crippen LogP contribution in [0.4, 0.5) is 16.2 Å². The maximum absolute atomic E-state index is 13.4. The Morgan fingerprint density at radius 1 is 0.682 bits per heavy atom. The summed E-state index contributed by atoms with van der Waals surface area (Å²) in [7, 11) is 0. The van der Waals surface area contributed by atoms with Gasteiger partial charge in [0.25, 0.3) is 0 Å². The molecule has 0 saturated carbocycles. The number of carbonyl (C=O) groups is 6. The van der Waals surface area contributed by atoms with Gasteiger partial charge in [-0.2, -0.15) is 0 Å². The van der Waals surface area contributed by atoms with Crippen molar-refractivity contribution in [3.8, 4) is 11.8 Å². The highest BCUT2D eigenvalue weighted by Crippen LogP contribution is 2.26. The number of aliphatic hydroxyl groups excluding tert-OH is 1. The van der Waals surface area contributed by atoms with Gasteiger partial charge in [0.05, 0.1) is 71.7 Å². The molecule has 18 nitrogen and oxygen atoms in total. The van der Waals surface area contributed by atoms with Gasteiger partial charge in [0, 0.05) is 49.2 Å². The minimum Gasteiger partial charge on any atom is -0.392 e. The van der Waals surface area contributed by atoms with Crippen molar-refractivity contribution in [2.45, 2.75) is 71.2 Å². The van der Waals surface area contributed by atoms with E-state index in [4.69, 9.17) is 24.7 Å². The molecular formula is C48H63N7O11. The molecule has 0 aromatic heterocycles. The van der Waals surface area contributed by atoms with Crippen LogP contribution in [-0.4, -0.2) is 119 Å². The van der Waals surface area contributed by atoms with Gasteiger partial charge < -0.3 is 61.3 Å². The number of para-hydroxylation sites is 1. The van der Waals surface area contributed by atoms with Crippen LogP contribution in [0.5, 0.6) is 0 Å². The molecule has 2 atom stereocenters. The average Bonchev–Trinajstić information content (AvgIpc) is 3.30. The van der Waals surface area contributed by atoms with Gasteiger partial charge in [-0.3, -0.25) is 24.0 Å². The van der Waals surface area contributed by atoms with Crippen LogP contribution in [0, 0.1) is 17.8 Å². The fourth-order valence-corrected chi connectivity index (χ4v) is 6.59. The topological polar surface area (TPSA) is 249 Å². The number of aliphatic hydroxyl groups is 1. The van der Waals surface area contributed by atoms with Crippen LogP contribution in [0.15, 0.2) is 72.8 Å². The normalized spacial score (nSPS) is 12.5. The van der Waals surface area contributed by atoms with Gasteiger partial charge in [-0.15, -0.1) is 0 Å². The van der Waals surface area contributed by atoms with E-state index >= 15 is 0 Å². The van der Waals surface area contributed by atoms with Crippen molar-refractivity contribution < 1.29 is 52.8 Å². The number of hydrogen-bond donors (Lipinski definition) is 7. The molecule has 3 aromatic rings. The Bertz CT molecular complexity index is 2110. The lowest BCUT2D eigenvalue weighted by Crippen LogP contribution is -2.54. The summed E-state index contributed by atoms with van der Waals surface area (Å²) in [5.74, 6) is 4.24. The number of anilines is 2. The van der Waals surface area contributed by atoms with Gasteiger partial charge in [0.15, 0.2) is 0 Å². The third-order valence-electron chi connectivity index (χ3n) is 10.2. The van der Waals surface area contributed by atoms with Crippen molar-refractivity contribution in [3.05, 3.63) is 95.1 Å². The van der Waals surface area contributed by atoms with Crippen LogP contribution in [0.25, 0.3) is 0 Å². The standard InChI is InChI=1S/C48H63N7O11/c1-34(2)45(47(61)53-40(11-7-22-51-48(49)62)46(60)52-39-17-13-35(33-56)14-18-39)54-43(58)21-24-63-26-28-65-30-31-66-29-27-64-25-23-50-42(57)19-20-44(59)55-32-38-10-4-3-8-36(38)15-16-37-9-5-6-12-41(37)55/h3-6,8-10,12-14,17-18,34,40,45,56H,7,11,19-33H2,1-2H3,(H,50,57)(H,52,60)(H,53,61)(H,54,58)(H3,49,51,62)/t40-,45-/m0/s1. The number of rotatable bonds is 29. The van der Waals surface area contributed by atoms with E-state index in [0.717, 1.165) is 22.4 Å². The first-order valence-electron chi connectivity index (χ1n) is 22.2. The zero-order valence-electron chi connectivity index (χ0n) is 37.7. The highest BCUT2D eigenvalue weighted by molar-refractivity contribution is 5.99. The van der Waals surface area contributed by atoms with Crippen LogP contribution in [0.1, 0.15) is 68.2 Å². The number of nitrogens with zero attached hydrogens (tertiary/aromatic N) is 1. The molecule has 0 radical (unpaired) electrons. The highest BCUT2D eigenvalue weighted by Gasteiger charge is 2.29. The van der Waals surface area contributed by atoms with E-state index in [1.54, 1.807) is 43.0 Å². The average molecular weight is 914 g/mol. The second-order valence-corrected chi connectivity index (χ2v) is 15.6. The zero-order valence-corrected chi connectivity index (χ0v) is 37.7. The fraction of sp³-hybridized carbons (Fsp3) is 0.458. The smallest absolute Gasteiger partial charge is 0.312 e. The van der Waals surface area contributed by atoms with Crippen molar-refractivity contribution >= 4 is 46.9 Å². The first-order chi connectivity index (χ1) is 31.9. The van der Waals surface area contributed by atoms with Gasteiger partial charge in [-0.05, 0) is 60.2 Å². The Balaban J connectivity index is 1.01. The van der Waals surface area contributed by atoms with Gasteiger partial charge in [0.1, 0.15) is 12.1 Å². The number of primary amides is 1. The molecule has 0 bridgehead atoms. The van der Waals surface area contributed by atoms with Crippen molar-refractivity contribution in [2.24, 2.45) is 11.7 Å².